The van der Waals surface area contributed by atoms with Gasteiger partial charge in [0.25, 0.3) is 5.56 Å². The molecule has 0 amide bonds. The van der Waals surface area contributed by atoms with Crippen molar-refractivity contribution in [3.63, 3.8) is 0 Å². The summed E-state index contributed by atoms with van der Waals surface area (Å²) in [4.78, 5) is 21.5. The van der Waals surface area contributed by atoms with Crippen LogP contribution in [0.15, 0.2) is 35.1 Å². The van der Waals surface area contributed by atoms with Gasteiger partial charge in [-0.15, -0.1) is 11.3 Å². The first-order valence-corrected chi connectivity index (χ1v) is 7.80. The molecule has 3 aromatic rings. The first kappa shape index (κ1) is 13.8. The predicted octanol–water partition coefficient (Wildman–Crippen LogP) is 3.47. The highest BCUT2D eigenvalue weighted by Gasteiger charge is 2.08. The Kier molecular flexibility index (Phi) is 3.75. The lowest BCUT2D eigenvalue weighted by Crippen LogP contribution is -2.13. The van der Waals surface area contributed by atoms with Crippen LogP contribution < -0.4 is 10.9 Å². The predicted molar refractivity (Wildman–Crippen MR) is 88.1 cm³/mol. The van der Waals surface area contributed by atoms with E-state index in [0.29, 0.717) is 17.8 Å². The van der Waals surface area contributed by atoms with E-state index in [1.54, 1.807) is 11.3 Å². The quantitative estimate of drug-likeness (QED) is 0.775. The molecule has 0 atom stereocenters. The van der Waals surface area contributed by atoms with Gasteiger partial charge in [-0.05, 0) is 31.0 Å². The van der Waals surface area contributed by atoms with E-state index in [2.05, 4.69) is 35.2 Å². The first-order valence-electron chi connectivity index (χ1n) is 6.98. The number of hydrogen-bond acceptors (Lipinski definition) is 4. The van der Waals surface area contributed by atoms with Crippen molar-refractivity contribution in [2.24, 2.45) is 0 Å². The number of anilines is 1. The van der Waals surface area contributed by atoms with Gasteiger partial charge in [0.2, 0.25) is 0 Å². The SMILES string of the molecule is CCc1cc2c(=O)[nH]c(CNc3ccccc3C)nc2s1. The van der Waals surface area contributed by atoms with Crippen LogP contribution in [-0.4, -0.2) is 9.97 Å². The zero-order chi connectivity index (χ0) is 14.8. The summed E-state index contributed by atoms with van der Waals surface area (Å²) in [5.41, 5.74) is 2.17. The van der Waals surface area contributed by atoms with Crippen molar-refractivity contribution in [3.8, 4) is 0 Å². The summed E-state index contributed by atoms with van der Waals surface area (Å²) in [6.45, 7) is 4.64. The maximum absolute atomic E-state index is 12.1. The van der Waals surface area contributed by atoms with E-state index < -0.39 is 0 Å². The van der Waals surface area contributed by atoms with Crippen LogP contribution in [0.25, 0.3) is 10.2 Å². The molecule has 4 nitrogen and oxygen atoms in total. The number of nitrogens with one attached hydrogen (secondary N) is 2. The van der Waals surface area contributed by atoms with Crippen molar-refractivity contribution in [2.45, 2.75) is 26.8 Å². The van der Waals surface area contributed by atoms with Crippen LogP contribution in [0.5, 0.6) is 0 Å². The van der Waals surface area contributed by atoms with Crippen LogP contribution in [0.1, 0.15) is 23.2 Å². The number of H-pyrrole nitrogens is 1. The van der Waals surface area contributed by atoms with Gasteiger partial charge in [-0.2, -0.15) is 0 Å². The molecular weight excluding hydrogens is 282 g/mol. The molecule has 2 heterocycles. The highest BCUT2D eigenvalue weighted by molar-refractivity contribution is 7.18. The molecule has 0 saturated heterocycles. The highest BCUT2D eigenvalue weighted by Crippen LogP contribution is 2.21. The average molecular weight is 299 g/mol. The standard InChI is InChI=1S/C16H17N3OS/c1-3-11-8-12-15(20)18-14(19-16(12)21-11)9-17-13-7-5-4-6-10(13)2/h4-8,17H,3,9H2,1-2H3,(H,18,19,20). The molecule has 1 aromatic carbocycles. The largest absolute Gasteiger partial charge is 0.378 e. The molecule has 0 aliphatic heterocycles. The minimum Gasteiger partial charge on any atom is -0.378 e. The summed E-state index contributed by atoms with van der Waals surface area (Å²) >= 11 is 1.59. The number of hydrogen-bond donors (Lipinski definition) is 2. The number of aromatic amines is 1. The number of rotatable bonds is 4. The van der Waals surface area contributed by atoms with E-state index in [9.17, 15) is 4.79 Å². The Morgan fingerprint density at radius 1 is 1.33 bits per heavy atom. The Bertz CT molecular complexity index is 835. The minimum atomic E-state index is -0.0578. The Morgan fingerprint density at radius 3 is 2.90 bits per heavy atom. The summed E-state index contributed by atoms with van der Waals surface area (Å²) < 4.78 is 0. The second kappa shape index (κ2) is 5.69. The van der Waals surface area contributed by atoms with E-state index in [0.717, 1.165) is 16.9 Å². The van der Waals surface area contributed by atoms with Gasteiger partial charge < -0.3 is 10.3 Å². The van der Waals surface area contributed by atoms with Crippen LogP contribution in [-0.2, 0) is 13.0 Å². The third-order valence-electron chi connectivity index (χ3n) is 3.44. The maximum atomic E-state index is 12.1. The van der Waals surface area contributed by atoms with Gasteiger partial charge in [-0.3, -0.25) is 4.79 Å². The number of thiophene rings is 1. The van der Waals surface area contributed by atoms with Crippen LogP contribution in [0.3, 0.4) is 0 Å². The zero-order valence-corrected chi connectivity index (χ0v) is 12.9. The van der Waals surface area contributed by atoms with Gasteiger partial charge in [-0.25, -0.2) is 4.98 Å². The molecule has 2 N–H and O–H groups in total. The van der Waals surface area contributed by atoms with Crippen LogP contribution in [0.2, 0.25) is 0 Å². The van der Waals surface area contributed by atoms with Gasteiger partial charge >= 0.3 is 0 Å². The number of benzene rings is 1. The highest BCUT2D eigenvalue weighted by atomic mass is 32.1. The molecule has 0 fully saturated rings. The number of aromatic nitrogens is 2. The summed E-state index contributed by atoms with van der Waals surface area (Å²) in [6.07, 6.45) is 0.928. The smallest absolute Gasteiger partial charge is 0.259 e. The lowest BCUT2D eigenvalue weighted by Gasteiger charge is -2.08. The molecule has 0 aliphatic rings. The lowest BCUT2D eigenvalue weighted by molar-refractivity contribution is 0.955. The van der Waals surface area contributed by atoms with Crippen LogP contribution in [0.4, 0.5) is 5.69 Å². The summed E-state index contributed by atoms with van der Waals surface area (Å²) in [5, 5.41) is 4.01. The monoisotopic (exact) mass is 299 g/mol. The van der Waals surface area contributed by atoms with Crippen molar-refractivity contribution >= 4 is 27.2 Å². The Hall–Kier alpha value is -2.14. The molecule has 3 rings (SSSR count). The normalized spacial score (nSPS) is 11.0. The van der Waals surface area contributed by atoms with Crippen molar-refractivity contribution in [1.82, 2.24) is 9.97 Å². The second-order valence-electron chi connectivity index (χ2n) is 4.97. The lowest BCUT2D eigenvalue weighted by atomic mass is 10.2. The Morgan fingerprint density at radius 2 is 2.14 bits per heavy atom. The number of fused-ring (bicyclic) bond motifs is 1. The maximum Gasteiger partial charge on any atom is 0.259 e. The van der Waals surface area contributed by atoms with Gasteiger partial charge in [0.05, 0.1) is 11.9 Å². The van der Waals surface area contributed by atoms with E-state index in [1.807, 2.05) is 24.3 Å². The fourth-order valence-corrected chi connectivity index (χ4v) is 3.22. The topological polar surface area (TPSA) is 57.8 Å². The van der Waals surface area contributed by atoms with Crippen LogP contribution >= 0.6 is 11.3 Å². The third kappa shape index (κ3) is 2.83. The molecule has 2 aromatic heterocycles. The molecule has 0 spiro atoms. The molecule has 21 heavy (non-hydrogen) atoms. The molecule has 0 bridgehead atoms. The first-order chi connectivity index (χ1) is 10.2. The Balaban J connectivity index is 1.87. The fraction of sp³-hybridized carbons (Fsp3) is 0.250. The summed E-state index contributed by atoms with van der Waals surface area (Å²) in [6, 6.07) is 10.00. The zero-order valence-electron chi connectivity index (χ0n) is 12.1. The molecule has 0 radical (unpaired) electrons. The molecule has 0 unspecified atom stereocenters. The Labute approximate surface area is 126 Å². The average Bonchev–Trinajstić information content (AvgIpc) is 2.90. The van der Waals surface area contributed by atoms with Crippen LogP contribution in [0, 0.1) is 6.92 Å². The second-order valence-corrected chi connectivity index (χ2v) is 6.08. The third-order valence-corrected chi connectivity index (χ3v) is 4.62. The van der Waals surface area contributed by atoms with Crippen molar-refractivity contribution in [2.75, 3.05) is 5.32 Å². The van der Waals surface area contributed by atoms with E-state index in [1.165, 1.54) is 10.4 Å². The number of nitrogens with zero attached hydrogens (tertiary/aromatic N) is 1. The molecule has 0 aliphatic carbocycles. The number of aryl methyl sites for hydroxylation is 2. The van der Waals surface area contributed by atoms with E-state index in [4.69, 9.17) is 0 Å². The van der Waals surface area contributed by atoms with Gasteiger partial charge in [0.1, 0.15) is 10.7 Å². The molecule has 0 saturated carbocycles. The van der Waals surface area contributed by atoms with E-state index in [-0.39, 0.29) is 5.56 Å². The van der Waals surface area contributed by atoms with Crippen molar-refractivity contribution in [3.05, 3.63) is 57.0 Å². The van der Waals surface area contributed by atoms with E-state index >= 15 is 0 Å². The van der Waals surface area contributed by atoms with Crippen molar-refractivity contribution < 1.29 is 0 Å². The van der Waals surface area contributed by atoms with Gasteiger partial charge in [-0.1, -0.05) is 25.1 Å². The minimum absolute atomic E-state index is 0.0578. The molecule has 108 valence electrons. The fourth-order valence-electron chi connectivity index (χ4n) is 2.23. The summed E-state index contributed by atoms with van der Waals surface area (Å²) in [5.74, 6) is 0.667. The van der Waals surface area contributed by atoms with Gasteiger partial charge in [0, 0.05) is 10.6 Å². The summed E-state index contributed by atoms with van der Waals surface area (Å²) in [7, 11) is 0. The van der Waals surface area contributed by atoms with Gasteiger partial charge in [0.15, 0.2) is 0 Å². The molecule has 5 heteroatoms. The van der Waals surface area contributed by atoms with Crippen molar-refractivity contribution in [1.29, 1.82) is 0 Å². The number of para-hydroxylation sites is 1. The molecular formula is C16H17N3OS.